The van der Waals surface area contributed by atoms with Crippen LogP contribution in [0.2, 0.25) is 0 Å². The standard InChI is InChI=1S/C38H25N3/c1-4-13-26(14-5-1)27-23-24-33-35(25-27)40(29-17-8-3-9-18-29)37-34-22-12-21-32-30-19-10-11-20-31(30)36(41(32)34)38(37)39(33)28-15-6-2-7-16-28/h1-25H. The van der Waals surface area contributed by atoms with Crippen LogP contribution in [0.25, 0.3) is 38.4 Å². The highest BCUT2D eigenvalue weighted by Crippen LogP contribution is 2.60. The number of benzene rings is 5. The number of nitrogens with zero attached hydrogens (tertiary/aromatic N) is 3. The SMILES string of the molecule is c1ccc(-c2ccc3c(c2)N(c2ccccc2)c2c(c4c5ccccc5c5cccc2n54)N3c2ccccc2)cc1. The summed E-state index contributed by atoms with van der Waals surface area (Å²) in [6.07, 6.45) is 0. The van der Waals surface area contributed by atoms with Gasteiger partial charge in [-0.1, -0.05) is 103 Å². The van der Waals surface area contributed by atoms with Gasteiger partial charge in [0.15, 0.2) is 0 Å². The molecule has 9 rings (SSSR count). The third-order valence-corrected chi connectivity index (χ3v) is 8.40. The van der Waals surface area contributed by atoms with Crippen LogP contribution < -0.4 is 9.80 Å². The molecule has 0 saturated heterocycles. The van der Waals surface area contributed by atoms with Crippen LogP contribution >= 0.6 is 0 Å². The average molecular weight is 524 g/mol. The molecule has 4 heterocycles. The van der Waals surface area contributed by atoms with Crippen molar-refractivity contribution < 1.29 is 0 Å². The maximum atomic E-state index is 2.47. The lowest BCUT2D eigenvalue weighted by molar-refractivity contribution is 1.19. The van der Waals surface area contributed by atoms with E-state index in [0.717, 1.165) is 22.7 Å². The van der Waals surface area contributed by atoms with E-state index in [1.54, 1.807) is 0 Å². The van der Waals surface area contributed by atoms with Gasteiger partial charge in [-0.05, 0) is 59.7 Å². The van der Waals surface area contributed by atoms with Crippen LogP contribution in [0.1, 0.15) is 0 Å². The van der Waals surface area contributed by atoms with Crippen molar-refractivity contribution in [1.82, 2.24) is 4.40 Å². The topological polar surface area (TPSA) is 10.9 Å². The summed E-state index contributed by atoms with van der Waals surface area (Å²) < 4.78 is 2.46. The van der Waals surface area contributed by atoms with Crippen LogP contribution in [0.3, 0.4) is 0 Å². The molecule has 0 atom stereocenters. The third kappa shape index (κ3) is 3.09. The van der Waals surface area contributed by atoms with Gasteiger partial charge in [-0.25, -0.2) is 0 Å². The van der Waals surface area contributed by atoms with Crippen molar-refractivity contribution in [3.63, 3.8) is 0 Å². The Hall–Kier alpha value is -5.54. The minimum atomic E-state index is 1.14. The van der Waals surface area contributed by atoms with Crippen molar-refractivity contribution in [2.24, 2.45) is 0 Å². The van der Waals surface area contributed by atoms with Gasteiger partial charge in [-0.2, -0.15) is 0 Å². The van der Waals surface area contributed by atoms with E-state index < -0.39 is 0 Å². The fraction of sp³-hybridized carbons (Fsp3) is 0. The minimum absolute atomic E-state index is 1.14. The van der Waals surface area contributed by atoms with E-state index in [9.17, 15) is 0 Å². The van der Waals surface area contributed by atoms with Gasteiger partial charge < -0.3 is 14.2 Å². The number of para-hydroxylation sites is 2. The largest absolute Gasteiger partial charge is 0.305 e. The Kier molecular flexibility index (Phi) is 4.61. The normalized spacial score (nSPS) is 12.8. The van der Waals surface area contributed by atoms with Crippen LogP contribution in [0.5, 0.6) is 0 Å². The van der Waals surface area contributed by atoms with Gasteiger partial charge in [0.05, 0.1) is 39.3 Å². The first-order chi connectivity index (χ1) is 20.4. The molecule has 0 fully saturated rings. The van der Waals surface area contributed by atoms with E-state index in [2.05, 4.69) is 166 Å². The Labute approximate surface area is 238 Å². The lowest BCUT2D eigenvalue weighted by atomic mass is 9.99. The van der Waals surface area contributed by atoms with Gasteiger partial charge >= 0.3 is 0 Å². The number of rotatable bonds is 3. The van der Waals surface area contributed by atoms with Gasteiger partial charge in [-0.15, -0.1) is 0 Å². The Morgan fingerprint density at radius 3 is 1.66 bits per heavy atom. The van der Waals surface area contributed by atoms with Gasteiger partial charge in [0, 0.05) is 22.1 Å². The Bertz CT molecular complexity index is 2200. The number of aromatic nitrogens is 1. The molecule has 5 aromatic carbocycles. The molecule has 8 aromatic rings. The van der Waals surface area contributed by atoms with Crippen molar-refractivity contribution in [2.75, 3.05) is 9.80 Å². The lowest BCUT2D eigenvalue weighted by Crippen LogP contribution is -2.23. The summed E-state index contributed by atoms with van der Waals surface area (Å²) in [5, 5.41) is 2.55. The van der Waals surface area contributed by atoms with Crippen LogP contribution in [0.4, 0.5) is 34.1 Å². The van der Waals surface area contributed by atoms with E-state index in [1.165, 1.54) is 49.8 Å². The number of hydrogen-bond donors (Lipinski definition) is 0. The van der Waals surface area contributed by atoms with Crippen LogP contribution in [-0.4, -0.2) is 4.40 Å². The molecule has 192 valence electrons. The monoisotopic (exact) mass is 523 g/mol. The van der Waals surface area contributed by atoms with Crippen LogP contribution in [-0.2, 0) is 0 Å². The van der Waals surface area contributed by atoms with E-state index in [1.807, 2.05) is 0 Å². The number of fused-ring (bicyclic) bond motifs is 7. The zero-order valence-corrected chi connectivity index (χ0v) is 22.3. The van der Waals surface area contributed by atoms with Crippen molar-refractivity contribution >= 4 is 61.4 Å². The second-order valence-electron chi connectivity index (χ2n) is 10.6. The lowest BCUT2D eigenvalue weighted by Gasteiger charge is -2.39. The highest BCUT2D eigenvalue weighted by Gasteiger charge is 2.37. The molecule has 0 spiro atoms. The molecule has 0 N–H and O–H groups in total. The molecule has 0 amide bonds. The highest BCUT2D eigenvalue weighted by atomic mass is 15.3. The molecule has 0 saturated carbocycles. The molecule has 41 heavy (non-hydrogen) atoms. The van der Waals surface area contributed by atoms with E-state index in [-0.39, 0.29) is 0 Å². The molecule has 0 bridgehead atoms. The summed E-state index contributed by atoms with van der Waals surface area (Å²) in [5.74, 6) is 0. The predicted octanol–water partition coefficient (Wildman–Crippen LogP) is 10.6. The van der Waals surface area contributed by atoms with E-state index in [4.69, 9.17) is 0 Å². The second kappa shape index (κ2) is 8.48. The zero-order valence-electron chi connectivity index (χ0n) is 22.3. The smallest absolute Gasteiger partial charge is 0.0975 e. The first-order valence-electron chi connectivity index (χ1n) is 14.1. The number of anilines is 6. The molecule has 1 aliphatic heterocycles. The number of pyridine rings is 1. The quantitative estimate of drug-likeness (QED) is 0.228. The van der Waals surface area contributed by atoms with E-state index >= 15 is 0 Å². The van der Waals surface area contributed by atoms with Gasteiger partial charge in [0.2, 0.25) is 0 Å². The second-order valence-corrected chi connectivity index (χ2v) is 10.6. The van der Waals surface area contributed by atoms with Gasteiger partial charge in [0.25, 0.3) is 0 Å². The minimum Gasteiger partial charge on any atom is -0.305 e. The maximum Gasteiger partial charge on any atom is 0.0975 e. The Morgan fingerprint density at radius 2 is 0.951 bits per heavy atom. The van der Waals surface area contributed by atoms with Gasteiger partial charge in [-0.3, -0.25) is 0 Å². The predicted molar refractivity (Wildman–Crippen MR) is 172 cm³/mol. The van der Waals surface area contributed by atoms with Crippen LogP contribution in [0, 0.1) is 0 Å². The average Bonchev–Trinajstić information content (AvgIpc) is 3.57. The summed E-state index contributed by atoms with van der Waals surface area (Å²) in [5.41, 5.74) is 13.1. The molecule has 1 aliphatic rings. The molecular formula is C38H25N3. The maximum absolute atomic E-state index is 2.47. The third-order valence-electron chi connectivity index (χ3n) is 8.40. The van der Waals surface area contributed by atoms with Crippen molar-refractivity contribution in [1.29, 1.82) is 0 Å². The summed E-state index contributed by atoms with van der Waals surface area (Å²) >= 11 is 0. The highest BCUT2D eigenvalue weighted by molar-refractivity contribution is 6.23. The molecular weight excluding hydrogens is 498 g/mol. The fourth-order valence-electron chi connectivity index (χ4n) is 6.71. The first-order valence-corrected chi connectivity index (χ1v) is 14.1. The Morgan fingerprint density at radius 1 is 0.366 bits per heavy atom. The van der Waals surface area contributed by atoms with Crippen molar-refractivity contribution in [2.45, 2.75) is 0 Å². The molecule has 3 heteroatoms. The molecule has 0 unspecified atom stereocenters. The molecule has 0 aliphatic carbocycles. The first kappa shape index (κ1) is 22.3. The number of hydrogen-bond acceptors (Lipinski definition) is 2. The van der Waals surface area contributed by atoms with Crippen molar-refractivity contribution in [3.8, 4) is 11.1 Å². The molecule has 3 aromatic heterocycles. The summed E-state index contributed by atoms with van der Waals surface area (Å²) in [4.78, 5) is 4.93. The summed E-state index contributed by atoms with van der Waals surface area (Å²) in [6.45, 7) is 0. The zero-order chi connectivity index (χ0) is 26.9. The summed E-state index contributed by atoms with van der Waals surface area (Å²) in [6, 6.07) is 54.6. The molecule has 3 nitrogen and oxygen atoms in total. The van der Waals surface area contributed by atoms with Crippen molar-refractivity contribution in [3.05, 3.63) is 152 Å². The van der Waals surface area contributed by atoms with E-state index in [0.29, 0.717) is 0 Å². The Balaban J connectivity index is 1.47. The van der Waals surface area contributed by atoms with Gasteiger partial charge in [0.1, 0.15) is 0 Å². The summed E-state index contributed by atoms with van der Waals surface area (Å²) in [7, 11) is 0. The molecule has 0 radical (unpaired) electrons. The fourth-order valence-corrected chi connectivity index (χ4v) is 6.71. The van der Waals surface area contributed by atoms with Crippen LogP contribution in [0.15, 0.2) is 152 Å².